The molecule has 0 aromatic heterocycles. The van der Waals surface area contributed by atoms with Crippen molar-refractivity contribution in [1.29, 1.82) is 0 Å². The minimum absolute atomic E-state index is 0.0283. The van der Waals surface area contributed by atoms with Gasteiger partial charge in [0.1, 0.15) is 5.82 Å². The van der Waals surface area contributed by atoms with Crippen LogP contribution in [0.15, 0.2) is 53.4 Å². The summed E-state index contributed by atoms with van der Waals surface area (Å²) in [5.74, 6) is -0.810. The third kappa shape index (κ3) is 3.19. The van der Waals surface area contributed by atoms with E-state index < -0.39 is 10.7 Å². The Balaban J connectivity index is 1.89. The van der Waals surface area contributed by atoms with E-state index in [1.165, 1.54) is 35.2 Å². The third-order valence-electron chi connectivity index (χ3n) is 3.26. The van der Waals surface area contributed by atoms with E-state index in [0.29, 0.717) is 20.5 Å². The molecule has 0 N–H and O–H groups in total. The first-order valence-electron chi connectivity index (χ1n) is 6.74. The van der Waals surface area contributed by atoms with Gasteiger partial charge in [-0.3, -0.25) is 19.8 Å². The molecule has 0 aliphatic carbocycles. The number of thiocarbonyl (C=S) groups is 1. The average molecular weight is 360 g/mol. The Morgan fingerprint density at radius 2 is 1.92 bits per heavy atom. The quantitative estimate of drug-likeness (QED) is 0.356. The lowest BCUT2D eigenvalue weighted by Crippen LogP contribution is -2.27. The average Bonchev–Trinajstić information content (AvgIpc) is 2.82. The van der Waals surface area contributed by atoms with Gasteiger partial charge in [0.15, 0.2) is 4.32 Å². The van der Waals surface area contributed by atoms with Crippen molar-refractivity contribution in [3.63, 3.8) is 0 Å². The summed E-state index contributed by atoms with van der Waals surface area (Å²) in [7, 11) is 0. The number of non-ortho nitro benzene ring substituents is 1. The fourth-order valence-electron chi connectivity index (χ4n) is 2.15. The monoisotopic (exact) mass is 360 g/mol. The van der Waals surface area contributed by atoms with Crippen molar-refractivity contribution < 1.29 is 14.1 Å². The van der Waals surface area contributed by atoms with Gasteiger partial charge in [-0.15, -0.1) is 0 Å². The first-order valence-corrected chi connectivity index (χ1v) is 7.96. The number of amides is 1. The minimum atomic E-state index is -0.493. The number of carbonyl (C=O) groups is 1. The van der Waals surface area contributed by atoms with Crippen molar-refractivity contribution in [3.05, 3.63) is 74.9 Å². The van der Waals surface area contributed by atoms with Gasteiger partial charge in [-0.1, -0.05) is 30.0 Å². The molecule has 5 nitrogen and oxygen atoms in total. The van der Waals surface area contributed by atoms with Crippen molar-refractivity contribution in [2.75, 3.05) is 4.90 Å². The highest BCUT2D eigenvalue weighted by Gasteiger charge is 2.33. The largest absolute Gasteiger partial charge is 0.270 e. The van der Waals surface area contributed by atoms with E-state index in [0.717, 1.165) is 11.8 Å². The minimum Gasteiger partial charge on any atom is -0.268 e. The lowest BCUT2D eigenvalue weighted by Gasteiger charge is -2.14. The molecule has 24 heavy (non-hydrogen) atoms. The predicted octanol–water partition coefficient (Wildman–Crippen LogP) is 4.14. The maximum atomic E-state index is 13.4. The number of rotatable bonds is 3. The van der Waals surface area contributed by atoms with Crippen LogP contribution < -0.4 is 4.90 Å². The summed E-state index contributed by atoms with van der Waals surface area (Å²) in [6, 6.07) is 11.4. The molecule has 0 unspecified atom stereocenters. The number of anilines is 1. The van der Waals surface area contributed by atoms with Crippen LogP contribution in [-0.2, 0) is 4.79 Å². The Hall–Kier alpha value is -2.58. The second-order valence-corrected chi connectivity index (χ2v) is 6.52. The van der Waals surface area contributed by atoms with Gasteiger partial charge < -0.3 is 0 Å². The number of halogens is 1. The molecule has 1 aliphatic rings. The van der Waals surface area contributed by atoms with Crippen molar-refractivity contribution in [3.8, 4) is 0 Å². The number of thioether (sulfide) groups is 1. The van der Waals surface area contributed by atoms with Gasteiger partial charge in [0.05, 0.1) is 15.5 Å². The molecule has 8 heteroatoms. The smallest absolute Gasteiger partial charge is 0.268 e. The van der Waals surface area contributed by atoms with Gasteiger partial charge in [-0.25, -0.2) is 4.39 Å². The van der Waals surface area contributed by atoms with Crippen molar-refractivity contribution in [1.82, 2.24) is 0 Å². The van der Waals surface area contributed by atoms with E-state index in [9.17, 15) is 19.3 Å². The van der Waals surface area contributed by atoms with Gasteiger partial charge in [0, 0.05) is 12.1 Å². The molecular weight excluding hydrogens is 351 g/mol. The van der Waals surface area contributed by atoms with E-state index >= 15 is 0 Å². The van der Waals surface area contributed by atoms with Gasteiger partial charge in [0.25, 0.3) is 11.6 Å². The zero-order chi connectivity index (χ0) is 17.3. The highest BCUT2D eigenvalue weighted by atomic mass is 32.2. The fourth-order valence-corrected chi connectivity index (χ4v) is 3.45. The van der Waals surface area contributed by atoms with E-state index in [1.54, 1.807) is 24.3 Å². The number of hydrogen-bond donors (Lipinski definition) is 0. The van der Waals surface area contributed by atoms with E-state index in [1.807, 2.05) is 0 Å². The molecule has 2 aromatic carbocycles. The first-order chi connectivity index (χ1) is 11.5. The Morgan fingerprint density at radius 1 is 1.21 bits per heavy atom. The number of nitrogens with zero attached hydrogens (tertiary/aromatic N) is 2. The molecule has 0 saturated carbocycles. The molecule has 1 heterocycles. The topological polar surface area (TPSA) is 63.4 Å². The maximum absolute atomic E-state index is 13.4. The van der Waals surface area contributed by atoms with E-state index in [-0.39, 0.29) is 11.6 Å². The van der Waals surface area contributed by atoms with Crippen LogP contribution in [0, 0.1) is 15.9 Å². The highest BCUT2D eigenvalue weighted by Crippen LogP contribution is 2.36. The number of nitro groups is 1. The summed E-state index contributed by atoms with van der Waals surface area (Å²) in [5, 5.41) is 10.7. The SMILES string of the molecule is O=C1/C(=C\c2ccc([N+](=O)[O-])cc2)SC(=S)N1c1cccc(F)c1. The summed E-state index contributed by atoms with van der Waals surface area (Å²) >= 11 is 6.31. The van der Waals surface area contributed by atoms with Crippen LogP contribution in [-0.4, -0.2) is 15.2 Å². The molecule has 0 spiro atoms. The zero-order valence-electron chi connectivity index (χ0n) is 12.0. The Morgan fingerprint density at radius 3 is 2.54 bits per heavy atom. The number of benzene rings is 2. The summed E-state index contributed by atoms with van der Waals surface area (Å²) in [6.07, 6.45) is 1.60. The zero-order valence-corrected chi connectivity index (χ0v) is 13.6. The predicted molar refractivity (Wildman–Crippen MR) is 95.1 cm³/mol. The molecule has 0 bridgehead atoms. The van der Waals surface area contributed by atoms with Crippen LogP contribution in [0.4, 0.5) is 15.8 Å². The normalized spacial score (nSPS) is 16.0. The second-order valence-electron chi connectivity index (χ2n) is 4.85. The summed E-state index contributed by atoms with van der Waals surface area (Å²) < 4.78 is 13.7. The van der Waals surface area contributed by atoms with Crippen LogP contribution in [0.1, 0.15) is 5.56 Å². The lowest BCUT2D eigenvalue weighted by molar-refractivity contribution is -0.384. The molecule has 2 aromatic rings. The molecule has 0 atom stereocenters. The van der Waals surface area contributed by atoms with Crippen LogP contribution in [0.5, 0.6) is 0 Å². The van der Waals surface area contributed by atoms with Crippen molar-refractivity contribution in [2.24, 2.45) is 0 Å². The standard InChI is InChI=1S/C16H9FN2O3S2/c17-11-2-1-3-13(9-11)18-15(20)14(24-16(18)23)8-10-4-6-12(7-5-10)19(21)22/h1-9H/b14-8+. The number of nitro benzene ring substituents is 1. The molecular formula is C16H9FN2O3S2. The molecule has 1 saturated heterocycles. The molecule has 0 radical (unpaired) electrons. The van der Waals surface area contributed by atoms with Crippen molar-refractivity contribution >= 4 is 51.7 Å². The van der Waals surface area contributed by atoms with Crippen molar-refractivity contribution in [2.45, 2.75) is 0 Å². The Labute approximate surface area is 145 Å². The molecule has 1 amide bonds. The number of hydrogen-bond acceptors (Lipinski definition) is 5. The number of carbonyl (C=O) groups excluding carboxylic acids is 1. The lowest BCUT2D eigenvalue weighted by atomic mass is 10.2. The van der Waals surface area contributed by atoms with Gasteiger partial charge in [0.2, 0.25) is 0 Å². The summed E-state index contributed by atoms with van der Waals surface area (Å²) in [6.45, 7) is 0. The Bertz CT molecular complexity index is 881. The van der Waals surface area contributed by atoms with Crippen LogP contribution in [0.25, 0.3) is 6.08 Å². The van der Waals surface area contributed by atoms with Gasteiger partial charge >= 0.3 is 0 Å². The van der Waals surface area contributed by atoms with Crippen LogP contribution in [0.2, 0.25) is 0 Å². The Kier molecular flexibility index (Phi) is 4.41. The molecule has 1 aliphatic heterocycles. The second kappa shape index (κ2) is 6.50. The summed E-state index contributed by atoms with van der Waals surface area (Å²) in [4.78, 5) is 24.3. The van der Waals surface area contributed by atoms with Crippen LogP contribution >= 0.6 is 24.0 Å². The first kappa shape index (κ1) is 16.3. The van der Waals surface area contributed by atoms with Gasteiger partial charge in [-0.05, 0) is 42.0 Å². The molecule has 120 valence electrons. The molecule has 3 rings (SSSR count). The maximum Gasteiger partial charge on any atom is 0.270 e. The van der Waals surface area contributed by atoms with E-state index in [2.05, 4.69) is 0 Å². The van der Waals surface area contributed by atoms with Crippen LogP contribution in [0.3, 0.4) is 0 Å². The van der Waals surface area contributed by atoms with E-state index in [4.69, 9.17) is 12.2 Å². The fraction of sp³-hybridized carbons (Fsp3) is 0. The third-order valence-corrected chi connectivity index (χ3v) is 4.56. The highest BCUT2D eigenvalue weighted by molar-refractivity contribution is 8.27. The summed E-state index contributed by atoms with van der Waals surface area (Å²) in [5.41, 5.74) is 0.976. The molecule has 1 fully saturated rings. The van der Waals surface area contributed by atoms with Gasteiger partial charge in [-0.2, -0.15) is 0 Å².